The summed E-state index contributed by atoms with van der Waals surface area (Å²) in [6.45, 7) is 6.30. The lowest BCUT2D eigenvalue weighted by Crippen LogP contribution is -2.50. The first-order chi connectivity index (χ1) is 16.2. The van der Waals surface area contributed by atoms with Gasteiger partial charge in [0.1, 0.15) is 23.3 Å². The van der Waals surface area contributed by atoms with Gasteiger partial charge in [0.2, 0.25) is 5.91 Å². The van der Waals surface area contributed by atoms with Crippen molar-refractivity contribution >= 4 is 35.0 Å². The Morgan fingerprint density at radius 3 is 2.12 bits per heavy atom. The van der Waals surface area contributed by atoms with Crippen LogP contribution in [-0.2, 0) is 16.1 Å². The number of ether oxygens (including phenoxy) is 3. The molecule has 0 aliphatic rings. The smallest absolute Gasteiger partial charge is 0.261 e. The molecule has 0 aliphatic carbocycles. The molecule has 0 heterocycles. The van der Waals surface area contributed by atoms with Gasteiger partial charge in [-0.15, -0.1) is 0 Å². The number of hydrogen-bond donors (Lipinski definition) is 1. The molecule has 1 atom stereocenters. The monoisotopic (exact) mass is 510 g/mol. The van der Waals surface area contributed by atoms with Gasteiger partial charge in [-0.05, 0) is 30.0 Å². The van der Waals surface area contributed by atoms with Crippen LogP contribution >= 0.6 is 23.2 Å². The molecule has 0 aliphatic heterocycles. The number of amides is 2. The lowest BCUT2D eigenvalue weighted by atomic mass is 10.1. The molecular formula is C25H32Cl2N2O5. The SMILES string of the molecule is CCC(C(=O)NCC(C)C)N(Cc1ccc(Cl)c(Cl)c1)C(=O)COc1cc(OC)cc(OC)c1. The second-order valence-corrected chi connectivity index (χ2v) is 8.98. The van der Waals surface area contributed by atoms with E-state index in [1.165, 1.54) is 19.1 Å². The molecule has 186 valence electrons. The van der Waals surface area contributed by atoms with Crippen LogP contribution in [0.5, 0.6) is 17.2 Å². The summed E-state index contributed by atoms with van der Waals surface area (Å²) < 4.78 is 16.3. The Hall–Kier alpha value is -2.64. The van der Waals surface area contributed by atoms with Gasteiger partial charge < -0.3 is 24.4 Å². The molecule has 0 radical (unpaired) electrons. The van der Waals surface area contributed by atoms with E-state index in [-0.39, 0.29) is 30.9 Å². The van der Waals surface area contributed by atoms with Crippen molar-refractivity contribution in [2.24, 2.45) is 5.92 Å². The molecule has 0 spiro atoms. The Balaban J connectivity index is 2.26. The average Bonchev–Trinajstić information content (AvgIpc) is 2.82. The molecule has 0 bridgehead atoms. The Morgan fingerprint density at radius 1 is 0.971 bits per heavy atom. The van der Waals surface area contributed by atoms with E-state index in [0.29, 0.717) is 40.3 Å². The number of halogens is 2. The molecule has 1 N–H and O–H groups in total. The molecular weight excluding hydrogens is 479 g/mol. The van der Waals surface area contributed by atoms with Crippen LogP contribution in [0.1, 0.15) is 32.8 Å². The minimum absolute atomic E-state index is 0.175. The molecule has 7 nitrogen and oxygen atoms in total. The van der Waals surface area contributed by atoms with Crippen LogP contribution in [0, 0.1) is 5.92 Å². The Labute approximate surface area is 211 Å². The fourth-order valence-electron chi connectivity index (χ4n) is 3.27. The second-order valence-electron chi connectivity index (χ2n) is 8.17. The summed E-state index contributed by atoms with van der Waals surface area (Å²) in [5.74, 6) is 1.21. The van der Waals surface area contributed by atoms with Crippen molar-refractivity contribution < 1.29 is 23.8 Å². The number of nitrogens with zero attached hydrogens (tertiary/aromatic N) is 1. The van der Waals surface area contributed by atoms with Crippen LogP contribution < -0.4 is 19.5 Å². The van der Waals surface area contributed by atoms with Crippen LogP contribution in [0.25, 0.3) is 0 Å². The molecule has 0 aromatic heterocycles. The molecule has 2 aromatic rings. The van der Waals surface area contributed by atoms with Crippen LogP contribution in [0.3, 0.4) is 0 Å². The van der Waals surface area contributed by atoms with E-state index in [4.69, 9.17) is 37.4 Å². The normalized spacial score (nSPS) is 11.6. The minimum atomic E-state index is -0.677. The quantitative estimate of drug-likeness (QED) is 0.436. The van der Waals surface area contributed by atoms with Gasteiger partial charge in [-0.25, -0.2) is 0 Å². The summed E-state index contributed by atoms with van der Waals surface area (Å²) in [6.07, 6.45) is 0.434. The van der Waals surface area contributed by atoms with Crippen molar-refractivity contribution in [3.8, 4) is 17.2 Å². The van der Waals surface area contributed by atoms with Crippen molar-refractivity contribution in [1.29, 1.82) is 0 Å². The van der Waals surface area contributed by atoms with Gasteiger partial charge in [-0.3, -0.25) is 9.59 Å². The first-order valence-corrected chi connectivity index (χ1v) is 11.8. The Morgan fingerprint density at radius 2 is 1.59 bits per heavy atom. The summed E-state index contributed by atoms with van der Waals surface area (Å²) in [7, 11) is 3.06. The van der Waals surface area contributed by atoms with Crippen molar-refractivity contribution in [2.75, 3.05) is 27.4 Å². The largest absolute Gasteiger partial charge is 0.496 e. The zero-order chi connectivity index (χ0) is 25.3. The highest BCUT2D eigenvalue weighted by Gasteiger charge is 2.29. The van der Waals surface area contributed by atoms with Gasteiger partial charge in [-0.1, -0.05) is 50.0 Å². The average molecular weight is 511 g/mol. The second kappa shape index (κ2) is 13.3. The fourth-order valence-corrected chi connectivity index (χ4v) is 3.59. The number of benzene rings is 2. The van der Waals surface area contributed by atoms with Crippen LogP contribution in [-0.4, -0.2) is 50.1 Å². The minimum Gasteiger partial charge on any atom is -0.496 e. The number of hydrogen-bond acceptors (Lipinski definition) is 5. The van der Waals surface area contributed by atoms with Gasteiger partial charge in [0.05, 0.1) is 24.3 Å². The van der Waals surface area contributed by atoms with E-state index in [9.17, 15) is 9.59 Å². The zero-order valence-electron chi connectivity index (χ0n) is 20.2. The van der Waals surface area contributed by atoms with Crippen molar-refractivity contribution in [2.45, 2.75) is 39.8 Å². The maximum Gasteiger partial charge on any atom is 0.261 e. The predicted molar refractivity (Wildman–Crippen MR) is 134 cm³/mol. The third-order valence-electron chi connectivity index (χ3n) is 5.09. The fraction of sp³-hybridized carbons (Fsp3) is 0.440. The van der Waals surface area contributed by atoms with Crippen molar-refractivity contribution in [3.05, 3.63) is 52.0 Å². The summed E-state index contributed by atoms with van der Waals surface area (Å²) in [4.78, 5) is 27.8. The summed E-state index contributed by atoms with van der Waals surface area (Å²) in [5.41, 5.74) is 0.751. The number of nitrogens with one attached hydrogen (secondary N) is 1. The van der Waals surface area contributed by atoms with Crippen molar-refractivity contribution in [1.82, 2.24) is 10.2 Å². The lowest BCUT2D eigenvalue weighted by molar-refractivity contribution is -0.143. The van der Waals surface area contributed by atoms with Crippen LogP contribution in [0.4, 0.5) is 0 Å². The van der Waals surface area contributed by atoms with E-state index >= 15 is 0 Å². The molecule has 0 saturated carbocycles. The standard InChI is InChI=1S/C25H32Cl2N2O5/c1-6-23(25(31)28-13-16(2)3)29(14-17-7-8-21(26)22(27)9-17)24(30)15-34-20-11-18(32-4)10-19(12-20)33-5/h7-12,16,23H,6,13-15H2,1-5H3,(H,28,31). The number of methoxy groups -OCH3 is 2. The number of carbonyl (C=O) groups excluding carboxylic acids is 2. The van der Waals surface area contributed by atoms with E-state index in [2.05, 4.69) is 5.32 Å². The third-order valence-corrected chi connectivity index (χ3v) is 5.83. The maximum absolute atomic E-state index is 13.3. The summed E-state index contributed by atoms with van der Waals surface area (Å²) in [6, 6.07) is 9.48. The number of rotatable bonds is 12. The zero-order valence-corrected chi connectivity index (χ0v) is 21.7. The summed E-state index contributed by atoms with van der Waals surface area (Å²) >= 11 is 12.2. The Bertz CT molecular complexity index is 962. The predicted octanol–water partition coefficient (Wildman–Crippen LogP) is 4.97. The lowest BCUT2D eigenvalue weighted by Gasteiger charge is -2.31. The molecule has 2 rings (SSSR count). The van der Waals surface area contributed by atoms with Gasteiger partial charge in [0.25, 0.3) is 5.91 Å². The summed E-state index contributed by atoms with van der Waals surface area (Å²) in [5, 5.41) is 3.72. The third kappa shape index (κ3) is 7.99. The van der Waals surface area contributed by atoms with E-state index in [0.717, 1.165) is 5.56 Å². The molecule has 9 heteroatoms. The van der Waals surface area contributed by atoms with E-state index < -0.39 is 6.04 Å². The van der Waals surface area contributed by atoms with Gasteiger partial charge in [-0.2, -0.15) is 0 Å². The first kappa shape index (κ1) is 27.6. The van der Waals surface area contributed by atoms with E-state index in [1.807, 2.05) is 20.8 Å². The molecule has 0 fully saturated rings. The van der Waals surface area contributed by atoms with Crippen molar-refractivity contribution in [3.63, 3.8) is 0 Å². The first-order valence-electron chi connectivity index (χ1n) is 11.0. The van der Waals surface area contributed by atoms with Gasteiger partial charge in [0.15, 0.2) is 6.61 Å². The molecule has 0 saturated heterocycles. The highest BCUT2D eigenvalue weighted by Crippen LogP contribution is 2.28. The highest BCUT2D eigenvalue weighted by atomic mass is 35.5. The molecule has 2 amide bonds. The topological polar surface area (TPSA) is 77.1 Å². The molecule has 1 unspecified atom stereocenters. The number of carbonyl (C=O) groups is 2. The van der Waals surface area contributed by atoms with Crippen LogP contribution in [0.2, 0.25) is 10.0 Å². The van der Waals surface area contributed by atoms with Gasteiger partial charge >= 0.3 is 0 Å². The van der Waals surface area contributed by atoms with Crippen LogP contribution in [0.15, 0.2) is 36.4 Å². The van der Waals surface area contributed by atoms with E-state index in [1.54, 1.807) is 36.4 Å². The van der Waals surface area contributed by atoms with Gasteiger partial charge in [0, 0.05) is 31.3 Å². The molecule has 2 aromatic carbocycles. The molecule has 34 heavy (non-hydrogen) atoms. The highest BCUT2D eigenvalue weighted by molar-refractivity contribution is 6.42. The Kier molecular flexibility index (Phi) is 10.8. The maximum atomic E-state index is 13.3.